The Balaban J connectivity index is 1.54. The minimum Gasteiger partial charge on any atom is -0.467 e. The van der Waals surface area contributed by atoms with Crippen LogP contribution >= 0.6 is 0 Å². The van der Waals surface area contributed by atoms with Gasteiger partial charge >= 0.3 is 0 Å². The predicted octanol–water partition coefficient (Wildman–Crippen LogP) is -0.0226. The third-order valence-corrected chi connectivity index (χ3v) is 4.00. The van der Waals surface area contributed by atoms with E-state index in [2.05, 4.69) is 10.2 Å². The monoisotopic (exact) mass is 280 g/mol. The number of rotatable bonds is 5. The van der Waals surface area contributed by atoms with Crippen LogP contribution < -0.4 is 5.32 Å². The Labute approximate surface area is 117 Å². The highest BCUT2D eigenvalue weighted by atomic mass is 16.5. The van der Waals surface area contributed by atoms with Gasteiger partial charge in [-0.25, -0.2) is 0 Å². The molecule has 2 aliphatic rings. The molecule has 6 heteroatoms. The first-order valence-corrected chi connectivity index (χ1v) is 7.05. The fourth-order valence-electron chi connectivity index (χ4n) is 3.06. The van der Waals surface area contributed by atoms with Crippen LogP contribution in [0.2, 0.25) is 0 Å². The SMILES string of the molecule is O=C(NCc1ccco1)C1CC2CN(CCO)CC1O2. The van der Waals surface area contributed by atoms with E-state index in [1.54, 1.807) is 12.3 Å². The van der Waals surface area contributed by atoms with Gasteiger partial charge < -0.3 is 19.6 Å². The zero-order valence-electron chi connectivity index (χ0n) is 11.3. The summed E-state index contributed by atoms with van der Waals surface area (Å²) in [6.45, 7) is 2.74. The summed E-state index contributed by atoms with van der Waals surface area (Å²) in [5.41, 5.74) is 0. The summed E-state index contributed by atoms with van der Waals surface area (Å²) in [4.78, 5) is 14.4. The molecule has 0 spiro atoms. The molecule has 2 N–H and O–H groups in total. The topological polar surface area (TPSA) is 74.9 Å². The van der Waals surface area contributed by atoms with Crippen molar-refractivity contribution < 1.29 is 19.1 Å². The molecule has 0 radical (unpaired) electrons. The number of hydrogen-bond acceptors (Lipinski definition) is 5. The summed E-state index contributed by atoms with van der Waals surface area (Å²) in [7, 11) is 0. The molecule has 20 heavy (non-hydrogen) atoms. The molecule has 2 bridgehead atoms. The summed E-state index contributed by atoms with van der Waals surface area (Å²) in [6.07, 6.45) is 2.41. The zero-order valence-corrected chi connectivity index (χ0v) is 11.3. The first-order valence-electron chi connectivity index (χ1n) is 7.05. The number of nitrogens with one attached hydrogen (secondary N) is 1. The number of β-amino-alcohol motifs (C(OH)–C–C–N with tert-alkyl or cyclic N) is 1. The highest BCUT2D eigenvalue weighted by molar-refractivity contribution is 5.79. The lowest BCUT2D eigenvalue weighted by molar-refractivity contribution is -0.128. The van der Waals surface area contributed by atoms with Crippen LogP contribution in [0.25, 0.3) is 0 Å². The van der Waals surface area contributed by atoms with Crippen molar-refractivity contribution in [3.8, 4) is 0 Å². The van der Waals surface area contributed by atoms with Crippen molar-refractivity contribution in [3.63, 3.8) is 0 Å². The zero-order chi connectivity index (χ0) is 13.9. The molecule has 3 rings (SSSR count). The third kappa shape index (κ3) is 2.87. The molecule has 3 unspecified atom stereocenters. The Morgan fingerprint density at radius 2 is 2.40 bits per heavy atom. The summed E-state index contributed by atoms with van der Waals surface area (Å²) in [6, 6.07) is 3.65. The summed E-state index contributed by atoms with van der Waals surface area (Å²) in [5, 5.41) is 11.9. The number of aliphatic hydroxyl groups is 1. The molecule has 2 fully saturated rings. The van der Waals surface area contributed by atoms with Gasteiger partial charge in [-0.1, -0.05) is 0 Å². The highest BCUT2D eigenvalue weighted by Crippen LogP contribution is 2.31. The average Bonchev–Trinajstić information content (AvgIpc) is 3.04. The van der Waals surface area contributed by atoms with Crippen molar-refractivity contribution in [1.82, 2.24) is 10.2 Å². The van der Waals surface area contributed by atoms with Gasteiger partial charge in [-0.05, 0) is 18.6 Å². The van der Waals surface area contributed by atoms with Crippen LogP contribution in [-0.4, -0.2) is 54.4 Å². The number of aliphatic hydroxyl groups excluding tert-OH is 1. The van der Waals surface area contributed by atoms with Gasteiger partial charge in [0, 0.05) is 19.6 Å². The molecule has 1 aromatic heterocycles. The van der Waals surface area contributed by atoms with Gasteiger partial charge in [0.2, 0.25) is 5.91 Å². The number of likely N-dealkylation sites (tertiary alicyclic amines) is 1. The molecule has 2 aliphatic heterocycles. The Morgan fingerprint density at radius 1 is 1.50 bits per heavy atom. The molecular weight excluding hydrogens is 260 g/mol. The molecule has 3 atom stereocenters. The molecule has 6 nitrogen and oxygen atoms in total. The van der Waals surface area contributed by atoms with Crippen molar-refractivity contribution in [1.29, 1.82) is 0 Å². The third-order valence-electron chi connectivity index (χ3n) is 4.00. The fourth-order valence-corrected chi connectivity index (χ4v) is 3.06. The molecule has 110 valence electrons. The fraction of sp³-hybridized carbons (Fsp3) is 0.643. The number of fused-ring (bicyclic) bond motifs is 2. The van der Waals surface area contributed by atoms with Crippen molar-refractivity contribution in [2.75, 3.05) is 26.2 Å². The van der Waals surface area contributed by atoms with Gasteiger partial charge in [0.25, 0.3) is 0 Å². The second kappa shape index (κ2) is 5.95. The Hall–Kier alpha value is -1.37. The van der Waals surface area contributed by atoms with Crippen molar-refractivity contribution in [2.24, 2.45) is 5.92 Å². The Kier molecular flexibility index (Phi) is 4.05. The van der Waals surface area contributed by atoms with Gasteiger partial charge in [0.1, 0.15) is 5.76 Å². The van der Waals surface area contributed by atoms with E-state index in [-0.39, 0.29) is 30.6 Å². The largest absolute Gasteiger partial charge is 0.467 e. The van der Waals surface area contributed by atoms with E-state index in [0.29, 0.717) is 13.1 Å². The van der Waals surface area contributed by atoms with E-state index in [9.17, 15) is 4.79 Å². The van der Waals surface area contributed by atoms with Gasteiger partial charge in [0.05, 0.1) is 37.5 Å². The van der Waals surface area contributed by atoms with Crippen LogP contribution in [-0.2, 0) is 16.1 Å². The number of morpholine rings is 1. The number of furan rings is 1. The van der Waals surface area contributed by atoms with Gasteiger partial charge in [-0.3, -0.25) is 9.69 Å². The quantitative estimate of drug-likeness (QED) is 0.793. The molecule has 0 saturated carbocycles. The second-order valence-corrected chi connectivity index (χ2v) is 5.42. The van der Waals surface area contributed by atoms with Crippen LogP contribution in [0.5, 0.6) is 0 Å². The first kappa shape index (κ1) is 13.6. The number of amides is 1. The van der Waals surface area contributed by atoms with E-state index in [1.165, 1.54) is 0 Å². The molecule has 0 aromatic carbocycles. The molecule has 1 amide bonds. The van der Waals surface area contributed by atoms with Gasteiger partial charge in [-0.2, -0.15) is 0 Å². The van der Waals surface area contributed by atoms with Crippen molar-refractivity contribution in [3.05, 3.63) is 24.2 Å². The van der Waals surface area contributed by atoms with Crippen LogP contribution in [0, 0.1) is 5.92 Å². The van der Waals surface area contributed by atoms with Crippen molar-refractivity contribution >= 4 is 5.91 Å². The number of carbonyl (C=O) groups excluding carboxylic acids is 1. The Bertz CT molecular complexity index is 448. The van der Waals surface area contributed by atoms with Crippen LogP contribution in [0.3, 0.4) is 0 Å². The standard InChI is InChI=1S/C14H20N2O4/c17-4-3-16-8-11-6-12(13(9-16)20-11)14(18)15-7-10-2-1-5-19-10/h1-2,5,11-13,17H,3-4,6-9H2,(H,15,18). The Morgan fingerprint density at radius 3 is 3.15 bits per heavy atom. The molecule has 2 saturated heterocycles. The molecule has 0 aliphatic carbocycles. The van der Waals surface area contributed by atoms with E-state index in [1.807, 2.05) is 6.07 Å². The van der Waals surface area contributed by atoms with Crippen LogP contribution in [0.1, 0.15) is 12.2 Å². The van der Waals surface area contributed by atoms with E-state index in [0.717, 1.165) is 25.3 Å². The lowest BCUT2D eigenvalue weighted by atomic mass is 9.99. The van der Waals surface area contributed by atoms with Crippen LogP contribution in [0.15, 0.2) is 22.8 Å². The summed E-state index contributed by atoms with van der Waals surface area (Å²) < 4.78 is 11.0. The number of ether oxygens (including phenoxy) is 1. The van der Waals surface area contributed by atoms with Crippen LogP contribution in [0.4, 0.5) is 0 Å². The number of nitrogens with zero attached hydrogens (tertiary/aromatic N) is 1. The lowest BCUT2D eigenvalue weighted by Crippen LogP contribution is -2.46. The minimum atomic E-state index is -0.0985. The summed E-state index contributed by atoms with van der Waals surface area (Å²) >= 11 is 0. The number of carbonyl (C=O) groups is 1. The predicted molar refractivity (Wildman–Crippen MR) is 70.8 cm³/mol. The summed E-state index contributed by atoms with van der Waals surface area (Å²) in [5.74, 6) is 0.681. The maximum atomic E-state index is 12.2. The first-order chi connectivity index (χ1) is 9.76. The molecule has 3 heterocycles. The molecule has 1 aromatic rings. The minimum absolute atomic E-state index is 0.0275. The highest BCUT2D eigenvalue weighted by Gasteiger charge is 2.44. The maximum absolute atomic E-state index is 12.2. The smallest absolute Gasteiger partial charge is 0.226 e. The average molecular weight is 280 g/mol. The van der Waals surface area contributed by atoms with E-state index in [4.69, 9.17) is 14.3 Å². The van der Waals surface area contributed by atoms with Gasteiger partial charge in [0.15, 0.2) is 0 Å². The normalized spacial score (nSPS) is 29.6. The second-order valence-electron chi connectivity index (χ2n) is 5.42. The number of hydrogen-bond donors (Lipinski definition) is 2. The van der Waals surface area contributed by atoms with E-state index < -0.39 is 0 Å². The van der Waals surface area contributed by atoms with Crippen molar-refractivity contribution in [2.45, 2.75) is 25.2 Å². The van der Waals surface area contributed by atoms with Gasteiger partial charge in [-0.15, -0.1) is 0 Å². The maximum Gasteiger partial charge on any atom is 0.226 e. The van der Waals surface area contributed by atoms with E-state index >= 15 is 0 Å². The lowest BCUT2D eigenvalue weighted by Gasteiger charge is -2.32. The molecular formula is C14H20N2O4.